The molecule has 1 unspecified atom stereocenters. The standard InChI is InChI=1S/C20H24O3S/c1-13(21)19-15(3)24-14(2)18(19)12-17(20(22)23-4)11-10-16-8-6-5-7-9-16/h5-9,17H,10-12H2,1-4H3. The van der Waals surface area contributed by atoms with Gasteiger partial charge in [0.05, 0.1) is 13.0 Å². The Kier molecular flexibility index (Phi) is 6.32. The summed E-state index contributed by atoms with van der Waals surface area (Å²) in [5.74, 6) is -0.372. The lowest BCUT2D eigenvalue weighted by molar-refractivity contribution is -0.145. The van der Waals surface area contributed by atoms with Gasteiger partial charge < -0.3 is 4.74 Å². The highest BCUT2D eigenvalue weighted by atomic mass is 32.1. The maximum absolute atomic E-state index is 12.2. The molecule has 0 radical (unpaired) electrons. The zero-order valence-electron chi connectivity index (χ0n) is 14.7. The molecule has 128 valence electrons. The number of esters is 1. The predicted molar refractivity (Wildman–Crippen MR) is 97.8 cm³/mol. The minimum absolute atomic E-state index is 0.0681. The second kappa shape index (κ2) is 8.25. The van der Waals surface area contributed by atoms with Crippen LogP contribution in [-0.4, -0.2) is 18.9 Å². The molecule has 0 fully saturated rings. The summed E-state index contributed by atoms with van der Waals surface area (Å²) >= 11 is 1.63. The lowest BCUT2D eigenvalue weighted by atomic mass is 9.90. The van der Waals surface area contributed by atoms with Crippen LogP contribution in [0.2, 0.25) is 0 Å². The summed E-state index contributed by atoms with van der Waals surface area (Å²) in [6, 6.07) is 10.1. The van der Waals surface area contributed by atoms with E-state index < -0.39 is 0 Å². The molecule has 24 heavy (non-hydrogen) atoms. The molecule has 0 spiro atoms. The Balaban J connectivity index is 2.21. The first-order valence-corrected chi connectivity index (χ1v) is 8.97. The fraction of sp³-hybridized carbons (Fsp3) is 0.400. The monoisotopic (exact) mass is 344 g/mol. The van der Waals surface area contributed by atoms with Crippen molar-refractivity contribution in [2.24, 2.45) is 5.92 Å². The SMILES string of the molecule is COC(=O)C(CCc1ccccc1)Cc1c(C)sc(C)c1C(C)=O. The molecule has 3 nitrogen and oxygen atoms in total. The van der Waals surface area contributed by atoms with E-state index in [4.69, 9.17) is 4.74 Å². The van der Waals surface area contributed by atoms with Gasteiger partial charge in [0, 0.05) is 15.3 Å². The average molecular weight is 344 g/mol. The van der Waals surface area contributed by atoms with Crippen molar-refractivity contribution in [1.82, 2.24) is 0 Å². The van der Waals surface area contributed by atoms with E-state index in [1.54, 1.807) is 18.3 Å². The molecule has 2 rings (SSSR count). The van der Waals surface area contributed by atoms with Crippen LogP contribution in [0.1, 0.15) is 44.6 Å². The van der Waals surface area contributed by atoms with Gasteiger partial charge in [-0.05, 0) is 51.2 Å². The first-order valence-electron chi connectivity index (χ1n) is 8.15. The second-order valence-electron chi connectivity index (χ2n) is 6.07. The third kappa shape index (κ3) is 4.32. The van der Waals surface area contributed by atoms with Crippen LogP contribution in [0.3, 0.4) is 0 Å². The molecule has 0 saturated carbocycles. The molecule has 0 N–H and O–H groups in total. The summed E-state index contributed by atoms with van der Waals surface area (Å²) in [5, 5.41) is 0. The van der Waals surface area contributed by atoms with Crippen molar-refractivity contribution < 1.29 is 14.3 Å². The van der Waals surface area contributed by atoms with Crippen LogP contribution < -0.4 is 0 Å². The summed E-state index contributed by atoms with van der Waals surface area (Å²) in [6.07, 6.45) is 2.09. The number of carbonyl (C=O) groups is 2. The molecule has 0 saturated heterocycles. The lowest BCUT2D eigenvalue weighted by Crippen LogP contribution is -2.20. The number of hydrogen-bond acceptors (Lipinski definition) is 4. The van der Waals surface area contributed by atoms with Crippen molar-refractivity contribution in [2.45, 2.75) is 40.0 Å². The van der Waals surface area contributed by atoms with Gasteiger partial charge in [0.2, 0.25) is 0 Å². The highest BCUT2D eigenvalue weighted by Gasteiger charge is 2.25. The quantitative estimate of drug-likeness (QED) is 0.547. The van der Waals surface area contributed by atoms with Crippen molar-refractivity contribution in [2.75, 3.05) is 7.11 Å². The first-order chi connectivity index (χ1) is 11.4. The Hall–Kier alpha value is -1.94. The molecule has 1 atom stereocenters. The van der Waals surface area contributed by atoms with E-state index in [1.165, 1.54) is 12.7 Å². The van der Waals surface area contributed by atoms with Crippen LogP contribution in [0.15, 0.2) is 30.3 Å². The fourth-order valence-electron chi connectivity index (χ4n) is 3.14. The molecule has 2 aromatic rings. The number of ether oxygens (including phenoxy) is 1. The van der Waals surface area contributed by atoms with Gasteiger partial charge in [0.25, 0.3) is 0 Å². The zero-order valence-corrected chi connectivity index (χ0v) is 15.5. The van der Waals surface area contributed by atoms with Crippen LogP contribution in [0.5, 0.6) is 0 Å². The van der Waals surface area contributed by atoms with Crippen LogP contribution in [0, 0.1) is 19.8 Å². The molecular formula is C20H24O3S. The Bertz CT molecular complexity index is 716. The molecule has 4 heteroatoms. The molecule has 0 aliphatic rings. The van der Waals surface area contributed by atoms with E-state index in [-0.39, 0.29) is 17.7 Å². The molecule has 0 amide bonds. The lowest BCUT2D eigenvalue weighted by Gasteiger charge is -2.16. The number of methoxy groups -OCH3 is 1. The van der Waals surface area contributed by atoms with Crippen molar-refractivity contribution in [3.63, 3.8) is 0 Å². The smallest absolute Gasteiger partial charge is 0.309 e. The average Bonchev–Trinajstić information content (AvgIpc) is 2.85. The van der Waals surface area contributed by atoms with Gasteiger partial charge in [0.15, 0.2) is 5.78 Å². The summed E-state index contributed by atoms with van der Waals surface area (Å²) in [5.41, 5.74) is 3.00. The number of carbonyl (C=O) groups excluding carboxylic acids is 2. The summed E-state index contributed by atoms with van der Waals surface area (Å²) < 4.78 is 5.00. The number of rotatable bonds is 7. The van der Waals surface area contributed by atoms with Crippen molar-refractivity contribution in [3.8, 4) is 0 Å². The molecule has 0 aliphatic heterocycles. The third-order valence-corrected chi connectivity index (χ3v) is 5.41. The molecule has 1 heterocycles. The molecule has 0 aliphatic carbocycles. The van der Waals surface area contributed by atoms with Gasteiger partial charge in [-0.2, -0.15) is 0 Å². The van der Waals surface area contributed by atoms with E-state index in [2.05, 4.69) is 12.1 Å². The summed E-state index contributed by atoms with van der Waals surface area (Å²) in [6.45, 7) is 5.58. The third-order valence-electron chi connectivity index (χ3n) is 4.35. The fourth-order valence-corrected chi connectivity index (χ4v) is 4.28. The van der Waals surface area contributed by atoms with E-state index in [0.717, 1.165) is 27.3 Å². The van der Waals surface area contributed by atoms with Gasteiger partial charge in [-0.1, -0.05) is 30.3 Å². The largest absolute Gasteiger partial charge is 0.469 e. The van der Waals surface area contributed by atoms with Gasteiger partial charge in [-0.15, -0.1) is 11.3 Å². The van der Waals surface area contributed by atoms with Gasteiger partial charge >= 0.3 is 5.97 Å². The summed E-state index contributed by atoms with van der Waals surface area (Å²) in [7, 11) is 1.43. The molecule has 0 bridgehead atoms. The second-order valence-corrected chi connectivity index (χ2v) is 7.50. The van der Waals surface area contributed by atoms with Crippen LogP contribution in [0.25, 0.3) is 0 Å². The number of Topliss-reactive ketones (excluding diaryl/α,β-unsaturated/α-hetero) is 1. The molecular weight excluding hydrogens is 320 g/mol. The minimum atomic E-state index is -0.235. The molecule has 1 aromatic carbocycles. The number of ketones is 1. The molecule has 1 aromatic heterocycles. The topological polar surface area (TPSA) is 43.4 Å². The van der Waals surface area contributed by atoms with E-state index in [0.29, 0.717) is 12.8 Å². The number of benzene rings is 1. The van der Waals surface area contributed by atoms with Gasteiger partial charge in [-0.3, -0.25) is 9.59 Å². The number of hydrogen-bond donors (Lipinski definition) is 0. The maximum Gasteiger partial charge on any atom is 0.309 e. The highest BCUT2D eigenvalue weighted by molar-refractivity contribution is 7.12. The van der Waals surface area contributed by atoms with Crippen molar-refractivity contribution in [3.05, 3.63) is 56.8 Å². The van der Waals surface area contributed by atoms with Crippen LogP contribution in [-0.2, 0) is 22.4 Å². The van der Waals surface area contributed by atoms with Crippen LogP contribution >= 0.6 is 11.3 Å². The van der Waals surface area contributed by atoms with Gasteiger partial charge in [-0.25, -0.2) is 0 Å². The zero-order chi connectivity index (χ0) is 17.7. The van der Waals surface area contributed by atoms with Gasteiger partial charge in [0.1, 0.15) is 0 Å². The minimum Gasteiger partial charge on any atom is -0.469 e. The first kappa shape index (κ1) is 18.4. The Labute approximate surface area is 147 Å². The van der Waals surface area contributed by atoms with E-state index in [1.807, 2.05) is 32.0 Å². The Morgan fingerprint density at radius 3 is 2.38 bits per heavy atom. The Morgan fingerprint density at radius 1 is 1.12 bits per heavy atom. The normalized spacial score (nSPS) is 12.0. The van der Waals surface area contributed by atoms with E-state index >= 15 is 0 Å². The summed E-state index contributed by atoms with van der Waals surface area (Å²) in [4.78, 5) is 26.4. The maximum atomic E-state index is 12.2. The predicted octanol–water partition coefficient (Wildman–Crippen LogP) is 4.53. The highest BCUT2D eigenvalue weighted by Crippen LogP contribution is 2.31. The van der Waals surface area contributed by atoms with E-state index in [9.17, 15) is 9.59 Å². The van der Waals surface area contributed by atoms with Crippen molar-refractivity contribution in [1.29, 1.82) is 0 Å². The Morgan fingerprint density at radius 2 is 1.79 bits per heavy atom. The number of thiophene rings is 1. The van der Waals surface area contributed by atoms with Crippen LogP contribution in [0.4, 0.5) is 0 Å². The number of aryl methyl sites for hydroxylation is 3. The van der Waals surface area contributed by atoms with Crippen molar-refractivity contribution >= 4 is 23.1 Å².